The molecule has 0 aliphatic carbocycles. The summed E-state index contributed by atoms with van der Waals surface area (Å²) >= 11 is 1.42. The molecule has 0 radical (unpaired) electrons. The van der Waals surface area contributed by atoms with Gasteiger partial charge >= 0.3 is 0 Å². The maximum atomic E-state index is 13.1. The van der Waals surface area contributed by atoms with Crippen LogP contribution < -0.4 is 15.0 Å². The first kappa shape index (κ1) is 19.6. The van der Waals surface area contributed by atoms with Gasteiger partial charge in [-0.15, -0.1) is 11.3 Å². The Balaban J connectivity index is 1.72. The molecule has 29 heavy (non-hydrogen) atoms. The molecule has 0 saturated carbocycles. The number of rotatable bonds is 4. The quantitative estimate of drug-likeness (QED) is 0.710. The maximum absolute atomic E-state index is 13.1. The summed E-state index contributed by atoms with van der Waals surface area (Å²) < 4.78 is 5.35. The first-order valence-corrected chi connectivity index (χ1v) is 10.4. The third-order valence-electron chi connectivity index (χ3n) is 5.25. The second kappa shape index (κ2) is 7.96. The van der Waals surface area contributed by atoms with Crippen molar-refractivity contribution >= 4 is 39.0 Å². The predicted octanol–water partition coefficient (Wildman–Crippen LogP) is 3.32. The highest BCUT2D eigenvalue weighted by atomic mass is 32.1. The average Bonchev–Trinajstić information content (AvgIpc) is 3.04. The first-order chi connectivity index (χ1) is 14.0. The van der Waals surface area contributed by atoms with Gasteiger partial charge in [0.1, 0.15) is 22.2 Å². The smallest absolute Gasteiger partial charge is 0.266 e. The van der Waals surface area contributed by atoms with Crippen LogP contribution >= 0.6 is 11.3 Å². The summed E-state index contributed by atoms with van der Waals surface area (Å²) in [6.45, 7) is 7.71. The minimum atomic E-state index is -0.156. The van der Waals surface area contributed by atoms with E-state index < -0.39 is 0 Å². The number of aromatic nitrogens is 2. The van der Waals surface area contributed by atoms with Gasteiger partial charge in [-0.05, 0) is 38.6 Å². The Bertz CT molecular complexity index is 1060. The molecule has 1 aliphatic heterocycles. The van der Waals surface area contributed by atoms with Gasteiger partial charge in [0.05, 0.1) is 23.1 Å². The summed E-state index contributed by atoms with van der Waals surface area (Å²) in [5.41, 5.74) is 1.57. The topological polar surface area (TPSA) is 70.6 Å². The van der Waals surface area contributed by atoms with Crippen molar-refractivity contribution in [3.8, 4) is 5.75 Å². The molecule has 0 bridgehead atoms. The first-order valence-electron chi connectivity index (χ1n) is 9.63. The lowest BCUT2D eigenvalue weighted by atomic mass is 10.1. The minimum Gasteiger partial charge on any atom is -0.495 e. The zero-order valence-corrected chi connectivity index (χ0v) is 18.0. The molecule has 1 fully saturated rings. The Kier molecular flexibility index (Phi) is 5.38. The normalized spacial score (nSPS) is 15.0. The van der Waals surface area contributed by atoms with Gasteiger partial charge in [0.15, 0.2) is 0 Å². The lowest BCUT2D eigenvalue weighted by Gasteiger charge is -2.33. The average molecular weight is 412 g/mol. The van der Waals surface area contributed by atoms with Crippen LogP contribution in [0.4, 0.5) is 11.5 Å². The summed E-state index contributed by atoms with van der Waals surface area (Å²) in [5.74, 6) is 2.14. The number of amides is 1. The SMILES string of the molecule is COc1ccccc1NC(=O)c1sc2nc(C)nc(N3CCN(C)CC3)c2c1C. The number of ether oxygens (including phenoxy) is 1. The second-order valence-electron chi connectivity index (χ2n) is 7.28. The number of hydrogen-bond acceptors (Lipinski definition) is 7. The molecule has 0 unspecified atom stereocenters. The zero-order valence-electron chi connectivity index (χ0n) is 17.2. The van der Waals surface area contributed by atoms with Crippen LogP contribution in [0.3, 0.4) is 0 Å². The Morgan fingerprint density at radius 1 is 1.14 bits per heavy atom. The zero-order chi connectivity index (χ0) is 20.5. The minimum absolute atomic E-state index is 0.156. The molecule has 1 amide bonds. The van der Waals surface area contributed by atoms with E-state index in [2.05, 4.69) is 27.1 Å². The fourth-order valence-corrected chi connectivity index (χ4v) is 4.73. The largest absolute Gasteiger partial charge is 0.495 e. The number of nitrogens with one attached hydrogen (secondary N) is 1. The monoisotopic (exact) mass is 411 g/mol. The lowest BCUT2D eigenvalue weighted by molar-refractivity contribution is 0.102. The Morgan fingerprint density at radius 2 is 1.86 bits per heavy atom. The summed E-state index contributed by atoms with van der Waals surface area (Å²) in [6.07, 6.45) is 0. The summed E-state index contributed by atoms with van der Waals surface area (Å²) in [7, 11) is 3.73. The molecule has 7 nitrogen and oxygen atoms in total. The predicted molar refractivity (Wildman–Crippen MR) is 118 cm³/mol. The van der Waals surface area contributed by atoms with Crippen LogP contribution in [0.25, 0.3) is 10.2 Å². The van der Waals surface area contributed by atoms with Crippen molar-refractivity contribution in [2.75, 3.05) is 50.6 Å². The van der Waals surface area contributed by atoms with Crippen LogP contribution in [0.15, 0.2) is 24.3 Å². The van der Waals surface area contributed by atoms with E-state index in [1.165, 1.54) is 11.3 Å². The van der Waals surface area contributed by atoms with Crippen LogP contribution in [0.2, 0.25) is 0 Å². The molecule has 0 spiro atoms. The van der Waals surface area contributed by atoms with Gasteiger partial charge in [0, 0.05) is 26.2 Å². The fourth-order valence-electron chi connectivity index (χ4n) is 3.61. The Morgan fingerprint density at radius 3 is 2.59 bits per heavy atom. The Hall–Kier alpha value is -2.71. The maximum Gasteiger partial charge on any atom is 0.266 e. The summed E-state index contributed by atoms with van der Waals surface area (Å²) in [6, 6.07) is 7.41. The number of aryl methyl sites for hydroxylation is 2. The Labute approximate surface area is 174 Å². The van der Waals surface area contributed by atoms with Gasteiger partial charge < -0.3 is 19.9 Å². The molecular weight excluding hydrogens is 386 g/mol. The standard InChI is InChI=1S/C21H25N5O2S/c1-13-17-19(26-11-9-25(3)10-12-26)22-14(2)23-21(17)29-18(13)20(27)24-15-7-5-6-8-16(15)28-4/h5-8H,9-12H2,1-4H3,(H,24,27). The van der Waals surface area contributed by atoms with Crippen LogP contribution in [0, 0.1) is 13.8 Å². The summed E-state index contributed by atoms with van der Waals surface area (Å²) in [4.78, 5) is 28.6. The van der Waals surface area contributed by atoms with Crippen molar-refractivity contribution < 1.29 is 9.53 Å². The van der Waals surface area contributed by atoms with Crippen molar-refractivity contribution in [2.45, 2.75) is 13.8 Å². The number of thiophene rings is 1. The second-order valence-corrected chi connectivity index (χ2v) is 8.27. The van der Waals surface area contributed by atoms with Gasteiger partial charge in [-0.2, -0.15) is 0 Å². The third kappa shape index (κ3) is 3.77. The molecular formula is C21H25N5O2S. The van der Waals surface area contributed by atoms with Gasteiger partial charge in [-0.3, -0.25) is 4.79 Å². The number of hydrogen-bond donors (Lipinski definition) is 1. The summed E-state index contributed by atoms with van der Waals surface area (Å²) in [5, 5.41) is 3.96. The van der Waals surface area contributed by atoms with Crippen LogP contribution in [-0.2, 0) is 0 Å². The highest BCUT2D eigenvalue weighted by molar-refractivity contribution is 7.20. The van der Waals surface area contributed by atoms with E-state index in [1.54, 1.807) is 7.11 Å². The highest BCUT2D eigenvalue weighted by Crippen LogP contribution is 2.36. The van der Waals surface area contributed by atoms with E-state index >= 15 is 0 Å². The van der Waals surface area contributed by atoms with Crippen molar-refractivity contribution in [1.82, 2.24) is 14.9 Å². The van der Waals surface area contributed by atoms with E-state index in [4.69, 9.17) is 9.72 Å². The van der Waals surface area contributed by atoms with Crippen LogP contribution in [0.1, 0.15) is 21.1 Å². The number of anilines is 2. The molecule has 1 aliphatic rings. The van der Waals surface area contributed by atoms with Crippen molar-refractivity contribution in [1.29, 1.82) is 0 Å². The number of carbonyl (C=O) groups excluding carboxylic acids is 1. The van der Waals surface area contributed by atoms with E-state index in [0.717, 1.165) is 53.6 Å². The van der Waals surface area contributed by atoms with Gasteiger partial charge in [-0.25, -0.2) is 9.97 Å². The van der Waals surface area contributed by atoms with Gasteiger partial charge in [0.25, 0.3) is 5.91 Å². The van der Waals surface area contributed by atoms with E-state index in [-0.39, 0.29) is 5.91 Å². The van der Waals surface area contributed by atoms with Crippen molar-refractivity contribution in [3.63, 3.8) is 0 Å². The number of likely N-dealkylation sites (N-methyl/N-ethyl adjacent to an activating group) is 1. The number of fused-ring (bicyclic) bond motifs is 1. The van der Waals surface area contributed by atoms with Gasteiger partial charge in [-0.1, -0.05) is 12.1 Å². The number of benzene rings is 1. The van der Waals surface area contributed by atoms with Crippen LogP contribution in [0.5, 0.6) is 5.75 Å². The number of piperazine rings is 1. The fraction of sp³-hybridized carbons (Fsp3) is 0.381. The number of carbonyl (C=O) groups is 1. The van der Waals surface area contributed by atoms with Crippen molar-refractivity contribution in [2.24, 2.45) is 0 Å². The molecule has 1 aromatic carbocycles. The third-order valence-corrected chi connectivity index (χ3v) is 6.43. The molecule has 2 aromatic heterocycles. The number of para-hydroxylation sites is 2. The molecule has 3 heterocycles. The molecule has 8 heteroatoms. The number of nitrogens with zero attached hydrogens (tertiary/aromatic N) is 4. The van der Waals surface area contributed by atoms with Gasteiger partial charge in [0.2, 0.25) is 0 Å². The van der Waals surface area contributed by atoms with E-state index in [9.17, 15) is 4.79 Å². The number of methoxy groups -OCH3 is 1. The van der Waals surface area contributed by atoms with Crippen molar-refractivity contribution in [3.05, 3.63) is 40.5 Å². The molecule has 1 N–H and O–H groups in total. The highest BCUT2D eigenvalue weighted by Gasteiger charge is 2.24. The van der Waals surface area contributed by atoms with Crippen LogP contribution in [-0.4, -0.2) is 61.1 Å². The molecule has 3 aromatic rings. The lowest BCUT2D eigenvalue weighted by Crippen LogP contribution is -2.45. The molecule has 0 atom stereocenters. The van der Waals surface area contributed by atoms with E-state index in [0.29, 0.717) is 16.3 Å². The van der Waals surface area contributed by atoms with E-state index in [1.807, 2.05) is 38.1 Å². The molecule has 152 valence electrons. The molecule has 1 saturated heterocycles. The molecule has 4 rings (SSSR count).